The summed E-state index contributed by atoms with van der Waals surface area (Å²) in [6.45, 7) is 0. The van der Waals surface area contributed by atoms with E-state index in [-0.39, 0.29) is 17.0 Å². The van der Waals surface area contributed by atoms with E-state index in [1.807, 2.05) is 24.3 Å². The number of nitrogens with zero attached hydrogens (tertiary/aromatic N) is 1. The van der Waals surface area contributed by atoms with Gasteiger partial charge in [0.2, 0.25) is 5.91 Å². The molecule has 0 aliphatic carbocycles. The average molecular weight is 379 g/mol. The Hall–Kier alpha value is -1.66. The Kier molecular flexibility index (Phi) is 4.59. The van der Waals surface area contributed by atoms with Gasteiger partial charge in [-0.15, -0.1) is 0 Å². The third-order valence-corrected chi connectivity index (χ3v) is 4.81. The van der Waals surface area contributed by atoms with Crippen LogP contribution < -0.4 is 5.32 Å². The fraction of sp³-hybridized carbons (Fsp3) is 0.125. The lowest BCUT2D eigenvalue weighted by molar-refractivity contribution is -0.118. The Morgan fingerprint density at radius 3 is 2.64 bits per heavy atom. The van der Waals surface area contributed by atoms with Gasteiger partial charge in [-0.2, -0.15) is 0 Å². The Labute approximate surface area is 140 Å². The number of amides is 1. The number of rotatable bonds is 3. The number of halogens is 2. The number of amidine groups is 1. The first-order valence-electron chi connectivity index (χ1n) is 6.67. The maximum absolute atomic E-state index is 13.7. The first-order chi connectivity index (χ1) is 10.6. The number of nitrogens with one attached hydrogen (secondary N) is 1. The smallest absolute Gasteiger partial charge is 0.239 e. The van der Waals surface area contributed by atoms with Crippen molar-refractivity contribution in [2.24, 2.45) is 4.99 Å². The van der Waals surface area contributed by atoms with Crippen molar-refractivity contribution in [2.75, 3.05) is 0 Å². The van der Waals surface area contributed by atoms with E-state index < -0.39 is 0 Å². The topological polar surface area (TPSA) is 41.5 Å². The van der Waals surface area contributed by atoms with E-state index in [4.69, 9.17) is 0 Å². The second kappa shape index (κ2) is 6.62. The standard InChI is InChI=1S/C16H12BrFN2OS/c17-11-5-7-12(8-6-11)19-16-20-15(21)14(22-16)9-10-3-1-2-4-13(10)18/h1-8,14H,9H2,(H,19,20,21). The second-order valence-corrected chi connectivity index (χ2v) is 6.89. The number of carbonyl (C=O) groups is 1. The number of benzene rings is 2. The van der Waals surface area contributed by atoms with E-state index in [9.17, 15) is 9.18 Å². The molecule has 1 N–H and O–H groups in total. The third kappa shape index (κ3) is 3.56. The Balaban J connectivity index is 1.73. The summed E-state index contributed by atoms with van der Waals surface area (Å²) < 4.78 is 14.6. The van der Waals surface area contributed by atoms with Gasteiger partial charge in [0.1, 0.15) is 5.82 Å². The summed E-state index contributed by atoms with van der Waals surface area (Å²) in [6, 6.07) is 14.0. The third-order valence-electron chi connectivity index (χ3n) is 3.20. The number of hydrogen-bond donors (Lipinski definition) is 1. The van der Waals surface area contributed by atoms with E-state index in [0.717, 1.165) is 10.2 Å². The first kappa shape index (κ1) is 15.2. The van der Waals surface area contributed by atoms with E-state index >= 15 is 0 Å². The van der Waals surface area contributed by atoms with Crippen LogP contribution in [0.25, 0.3) is 0 Å². The Bertz CT molecular complexity index is 733. The molecule has 0 saturated carbocycles. The molecule has 1 atom stereocenters. The molecule has 3 rings (SSSR count). The zero-order valence-corrected chi connectivity index (χ0v) is 13.8. The van der Waals surface area contributed by atoms with E-state index in [1.54, 1.807) is 18.2 Å². The summed E-state index contributed by atoms with van der Waals surface area (Å²) in [6.07, 6.45) is 0.350. The SMILES string of the molecule is O=C1NC(=Nc2ccc(Br)cc2)SC1Cc1ccccc1F. The molecule has 112 valence electrons. The zero-order valence-electron chi connectivity index (χ0n) is 11.4. The molecule has 0 radical (unpaired) electrons. The number of thioether (sulfide) groups is 1. The van der Waals surface area contributed by atoms with Crippen LogP contribution >= 0.6 is 27.7 Å². The largest absolute Gasteiger partial charge is 0.304 e. The van der Waals surface area contributed by atoms with Crippen LogP contribution in [0.1, 0.15) is 5.56 Å². The summed E-state index contributed by atoms with van der Waals surface area (Å²) in [5, 5.41) is 2.94. The molecule has 6 heteroatoms. The minimum Gasteiger partial charge on any atom is -0.304 e. The fourth-order valence-electron chi connectivity index (χ4n) is 2.09. The summed E-state index contributed by atoms with van der Waals surface area (Å²) in [5.41, 5.74) is 1.30. The highest BCUT2D eigenvalue weighted by molar-refractivity contribution is 9.10. The number of carbonyl (C=O) groups excluding carboxylic acids is 1. The van der Waals surface area contributed by atoms with E-state index in [2.05, 4.69) is 26.2 Å². The molecular weight excluding hydrogens is 367 g/mol. The van der Waals surface area contributed by atoms with Crippen molar-refractivity contribution >= 4 is 44.5 Å². The maximum atomic E-state index is 13.7. The molecule has 0 bridgehead atoms. The minimum absolute atomic E-state index is 0.135. The molecule has 1 saturated heterocycles. The van der Waals surface area contributed by atoms with Gasteiger partial charge in [-0.05, 0) is 42.3 Å². The van der Waals surface area contributed by atoms with Crippen molar-refractivity contribution in [3.8, 4) is 0 Å². The van der Waals surface area contributed by atoms with Crippen LogP contribution in [0.4, 0.5) is 10.1 Å². The van der Waals surface area contributed by atoms with Gasteiger partial charge < -0.3 is 5.32 Å². The molecule has 2 aromatic carbocycles. The highest BCUT2D eigenvalue weighted by Crippen LogP contribution is 2.26. The lowest BCUT2D eigenvalue weighted by Gasteiger charge is -2.06. The molecule has 22 heavy (non-hydrogen) atoms. The van der Waals surface area contributed by atoms with E-state index in [0.29, 0.717) is 17.2 Å². The van der Waals surface area contributed by atoms with Gasteiger partial charge in [0.25, 0.3) is 0 Å². The molecule has 2 aromatic rings. The van der Waals surface area contributed by atoms with Gasteiger partial charge in [0, 0.05) is 4.47 Å². The summed E-state index contributed by atoms with van der Waals surface area (Å²) >= 11 is 4.69. The predicted molar refractivity (Wildman–Crippen MR) is 90.9 cm³/mol. The lowest BCUT2D eigenvalue weighted by atomic mass is 10.1. The van der Waals surface area contributed by atoms with Crippen LogP contribution in [-0.2, 0) is 11.2 Å². The van der Waals surface area contributed by atoms with Crippen LogP contribution in [0.5, 0.6) is 0 Å². The number of hydrogen-bond acceptors (Lipinski definition) is 3. The molecule has 1 aliphatic heterocycles. The molecule has 0 aromatic heterocycles. The molecule has 1 amide bonds. The van der Waals surface area contributed by atoms with Crippen LogP contribution in [0.3, 0.4) is 0 Å². The van der Waals surface area contributed by atoms with Gasteiger partial charge in [-0.25, -0.2) is 9.38 Å². The average Bonchev–Trinajstić information content (AvgIpc) is 2.84. The minimum atomic E-state index is -0.355. The molecule has 3 nitrogen and oxygen atoms in total. The summed E-state index contributed by atoms with van der Waals surface area (Å²) in [4.78, 5) is 16.4. The zero-order chi connectivity index (χ0) is 15.5. The summed E-state index contributed by atoms with van der Waals surface area (Å²) in [7, 11) is 0. The second-order valence-electron chi connectivity index (χ2n) is 4.78. The lowest BCUT2D eigenvalue weighted by Crippen LogP contribution is -2.26. The number of aliphatic imine (C=N–C) groups is 1. The molecule has 0 spiro atoms. The fourth-order valence-corrected chi connectivity index (χ4v) is 3.37. The van der Waals surface area contributed by atoms with Gasteiger partial charge in [-0.3, -0.25) is 4.79 Å². The molecule has 1 heterocycles. The predicted octanol–water partition coefficient (Wildman–Crippen LogP) is 4.05. The van der Waals surface area contributed by atoms with Crippen LogP contribution in [-0.4, -0.2) is 16.3 Å². The van der Waals surface area contributed by atoms with Crippen molar-refractivity contribution in [3.05, 3.63) is 64.4 Å². The summed E-state index contributed by atoms with van der Waals surface area (Å²) in [5.74, 6) is -0.418. The molecule has 1 fully saturated rings. The monoisotopic (exact) mass is 378 g/mol. The van der Waals surface area contributed by atoms with Gasteiger partial charge >= 0.3 is 0 Å². The molecular formula is C16H12BrFN2OS. The van der Waals surface area contributed by atoms with Crippen molar-refractivity contribution < 1.29 is 9.18 Å². The van der Waals surface area contributed by atoms with Crippen molar-refractivity contribution in [1.29, 1.82) is 0 Å². The highest BCUT2D eigenvalue weighted by atomic mass is 79.9. The Morgan fingerprint density at radius 2 is 1.91 bits per heavy atom. The molecule has 1 aliphatic rings. The quantitative estimate of drug-likeness (QED) is 0.874. The highest BCUT2D eigenvalue weighted by Gasteiger charge is 2.30. The Morgan fingerprint density at radius 1 is 1.18 bits per heavy atom. The molecule has 1 unspecified atom stereocenters. The van der Waals surface area contributed by atoms with Crippen molar-refractivity contribution in [1.82, 2.24) is 5.32 Å². The van der Waals surface area contributed by atoms with Crippen LogP contribution in [0.15, 0.2) is 58.0 Å². The van der Waals surface area contributed by atoms with E-state index in [1.165, 1.54) is 17.8 Å². The van der Waals surface area contributed by atoms with Gasteiger partial charge in [0.05, 0.1) is 10.9 Å². The first-order valence-corrected chi connectivity index (χ1v) is 8.34. The van der Waals surface area contributed by atoms with Gasteiger partial charge in [-0.1, -0.05) is 45.9 Å². The van der Waals surface area contributed by atoms with Crippen LogP contribution in [0.2, 0.25) is 0 Å². The normalized spacial score (nSPS) is 19.5. The van der Waals surface area contributed by atoms with Crippen molar-refractivity contribution in [2.45, 2.75) is 11.7 Å². The van der Waals surface area contributed by atoms with Gasteiger partial charge in [0.15, 0.2) is 5.17 Å². The maximum Gasteiger partial charge on any atom is 0.239 e. The van der Waals surface area contributed by atoms with Crippen LogP contribution in [0, 0.1) is 5.82 Å². The van der Waals surface area contributed by atoms with Crippen molar-refractivity contribution in [3.63, 3.8) is 0 Å².